The van der Waals surface area contributed by atoms with Crippen molar-refractivity contribution in [3.63, 3.8) is 0 Å². The maximum Gasteiger partial charge on any atom is 0.0945 e. The standard InChI is InChI=1S/C11H20N4/c1-9-5-10(12)3-4-15(9)7-11-6-13-8-14(11)2/h6,8-10H,3-5,7,12H2,1-2H3. The highest BCUT2D eigenvalue weighted by atomic mass is 15.2. The molecule has 2 N–H and O–H groups in total. The predicted molar refractivity (Wildman–Crippen MR) is 60.3 cm³/mol. The second-order valence-corrected chi connectivity index (χ2v) is 4.60. The molecule has 2 rings (SSSR count). The van der Waals surface area contributed by atoms with E-state index in [9.17, 15) is 0 Å². The van der Waals surface area contributed by atoms with E-state index in [1.165, 1.54) is 5.69 Å². The third kappa shape index (κ3) is 2.38. The van der Waals surface area contributed by atoms with Crippen LogP contribution in [-0.4, -0.2) is 33.1 Å². The number of nitrogens with two attached hydrogens (primary N) is 1. The molecule has 0 spiro atoms. The molecule has 84 valence electrons. The van der Waals surface area contributed by atoms with E-state index in [0.29, 0.717) is 12.1 Å². The summed E-state index contributed by atoms with van der Waals surface area (Å²) < 4.78 is 2.08. The molecule has 0 aromatic carbocycles. The van der Waals surface area contributed by atoms with Gasteiger partial charge in [0.1, 0.15) is 0 Å². The van der Waals surface area contributed by atoms with Crippen LogP contribution in [-0.2, 0) is 13.6 Å². The first-order valence-electron chi connectivity index (χ1n) is 5.61. The Labute approximate surface area is 91.1 Å². The van der Waals surface area contributed by atoms with Gasteiger partial charge in [0.15, 0.2) is 0 Å². The maximum atomic E-state index is 5.95. The molecule has 0 aliphatic carbocycles. The molecule has 1 aliphatic rings. The summed E-state index contributed by atoms with van der Waals surface area (Å²) in [4.78, 5) is 6.63. The fraction of sp³-hybridized carbons (Fsp3) is 0.727. The minimum atomic E-state index is 0.391. The summed E-state index contributed by atoms with van der Waals surface area (Å²) in [7, 11) is 2.04. The van der Waals surface area contributed by atoms with E-state index in [4.69, 9.17) is 5.73 Å². The molecule has 1 fully saturated rings. The Hall–Kier alpha value is -0.870. The summed E-state index contributed by atoms with van der Waals surface area (Å²) in [6, 6.07) is 0.978. The molecule has 0 bridgehead atoms. The van der Waals surface area contributed by atoms with Gasteiger partial charge in [-0.3, -0.25) is 4.90 Å². The summed E-state index contributed by atoms with van der Waals surface area (Å²) >= 11 is 0. The predicted octanol–water partition coefficient (Wildman–Crippen LogP) is 0.732. The van der Waals surface area contributed by atoms with Crippen LogP contribution in [0.1, 0.15) is 25.5 Å². The van der Waals surface area contributed by atoms with Crippen LogP contribution in [0.5, 0.6) is 0 Å². The SMILES string of the molecule is CC1CC(N)CCN1Cc1cncn1C. The Morgan fingerprint density at radius 3 is 3.00 bits per heavy atom. The number of piperidine rings is 1. The van der Waals surface area contributed by atoms with Crippen molar-refractivity contribution in [2.75, 3.05) is 6.54 Å². The topological polar surface area (TPSA) is 47.1 Å². The lowest BCUT2D eigenvalue weighted by Crippen LogP contribution is -2.45. The van der Waals surface area contributed by atoms with Crippen molar-refractivity contribution >= 4 is 0 Å². The third-order valence-electron chi connectivity index (χ3n) is 3.34. The van der Waals surface area contributed by atoms with Crippen molar-refractivity contribution in [1.29, 1.82) is 0 Å². The fourth-order valence-electron chi connectivity index (χ4n) is 2.24. The van der Waals surface area contributed by atoms with Gasteiger partial charge in [0.05, 0.1) is 12.0 Å². The Balaban J connectivity index is 1.98. The summed E-state index contributed by atoms with van der Waals surface area (Å²) in [5, 5.41) is 0. The summed E-state index contributed by atoms with van der Waals surface area (Å²) in [6.07, 6.45) is 6.02. The van der Waals surface area contributed by atoms with Gasteiger partial charge < -0.3 is 10.3 Å². The van der Waals surface area contributed by atoms with Crippen LogP contribution in [0.15, 0.2) is 12.5 Å². The van der Waals surface area contributed by atoms with Gasteiger partial charge in [0, 0.05) is 38.4 Å². The van der Waals surface area contributed by atoms with Gasteiger partial charge >= 0.3 is 0 Å². The molecule has 0 saturated carbocycles. The average Bonchev–Trinajstić information content (AvgIpc) is 2.57. The molecule has 2 atom stereocenters. The zero-order chi connectivity index (χ0) is 10.8. The minimum absolute atomic E-state index is 0.391. The largest absolute Gasteiger partial charge is 0.337 e. The Bertz CT molecular complexity index is 320. The molecule has 2 heterocycles. The van der Waals surface area contributed by atoms with Crippen LogP contribution in [0.3, 0.4) is 0 Å². The zero-order valence-corrected chi connectivity index (χ0v) is 9.56. The zero-order valence-electron chi connectivity index (χ0n) is 9.56. The monoisotopic (exact) mass is 208 g/mol. The summed E-state index contributed by atoms with van der Waals surface area (Å²) in [5.41, 5.74) is 7.22. The number of nitrogens with zero attached hydrogens (tertiary/aromatic N) is 3. The van der Waals surface area contributed by atoms with E-state index < -0.39 is 0 Å². The highest BCUT2D eigenvalue weighted by Crippen LogP contribution is 2.18. The number of aryl methyl sites for hydroxylation is 1. The van der Waals surface area contributed by atoms with Crippen molar-refractivity contribution in [3.8, 4) is 0 Å². The van der Waals surface area contributed by atoms with E-state index in [1.54, 1.807) is 0 Å². The molecule has 0 radical (unpaired) electrons. The lowest BCUT2D eigenvalue weighted by atomic mass is 9.99. The highest BCUT2D eigenvalue weighted by molar-refractivity contribution is 4.98. The summed E-state index contributed by atoms with van der Waals surface area (Å²) in [6.45, 7) is 4.35. The minimum Gasteiger partial charge on any atom is -0.337 e. The third-order valence-corrected chi connectivity index (χ3v) is 3.34. The molecule has 4 heteroatoms. The Morgan fingerprint density at radius 2 is 2.40 bits per heavy atom. The molecule has 15 heavy (non-hydrogen) atoms. The van der Waals surface area contributed by atoms with Crippen LogP contribution in [0, 0.1) is 0 Å². The fourth-order valence-corrected chi connectivity index (χ4v) is 2.24. The van der Waals surface area contributed by atoms with E-state index in [1.807, 2.05) is 19.6 Å². The Kier molecular flexibility index (Phi) is 3.07. The van der Waals surface area contributed by atoms with Gasteiger partial charge in [-0.2, -0.15) is 0 Å². The number of imidazole rings is 1. The van der Waals surface area contributed by atoms with Crippen molar-refractivity contribution in [1.82, 2.24) is 14.5 Å². The molecule has 1 aliphatic heterocycles. The van der Waals surface area contributed by atoms with E-state index in [0.717, 1.165) is 25.9 Å². The molecular weight excluding hydrogens is 188 g/mol. The van der Waals surface area contributed by atoms with Crippen LogP contribution >= 0.6 is 0 Å². The molecular formula is C11H20N4. The summed E-state index contributed by atoms with van der Waals surface area (Å²) in [5.74, 6) is 0. The molecule has 1 saturated heterocycles. The van der Waals surface area contributed by atoms with Crippen molar-refractivity contribution in [2.24, 2.45) is 12.8 Å². The molecule has 1 aromatic heterocycles. The smallest absolute Gasteiger partial charge is 0.0945 e. The first-order valence-corrected chi connectivity index (χ1v) is 5.61. The van der Waals surface area contributed by atoms with Crippen molar-refractivity contribution < 1.29 is 0 Å². The molecule has 1 aromatic rings. The number of hydrogen-bond acceptors (Lipinski definition) is 3. The van der Waals surface area contributed by atoms with Gasteiger partial charge in [0.25, 0.3) is 0 Å². The Morgan fingerprint density at radius 1 is 1.60 bits per heavy atom. The van der Waals surface area contributed by atoms with Gasteiger partial charge in [-0.25, -0.2) is 4.98 Å². The number of likely N-dealkylation sites (tertiary alicyclic amines) is 1. The lowest BCUT2D eigenvalue weighted by Gasteiger charge is -2.36. The van der Waals surface area contributed by atoms with E-state index in [-0.39, 0.29) is 0 Å². The highest BCUT2D eigenvalue weighted by Gasteiger charge is 2.23. The van der Waals surface area contributed by atoms with Crippen LogP contribution in [0.25, 0.3) is 0 Å². The van der Waals surface area contributed by atoms with Gasteiger partial charge in [-0.15, -0.1) is 0 Å². The first-order chi connectivity index (χ1) is 7.16. The number of aromatic nitrogens is 2. The normalized spacial score (nSPS) is 28.2. The van der Waals surface area contributed by atoms with Crippen molar-refractivity contribution in [2.45, 2.75) is 38.4 Å². The van der Waals surface area contributed by atoms with Crippen LogP contribution in [0.2, 0.25) is 0 Å². The van der Waals surface area contributed by atoms with E-state index >= 15 is 0 Å². The molecule has 0 amide bonds. The molecule has 2 unspecified atom stereocenters. The number of rotatable bonds is 2. The lowest BCUT2D eigenvalue weighted by molar-refractivity contribution is 0.137. The maximum absolute atomic E-state index is 5.95. The van der Waals surface area contributed by atoms with Crippen LogP contribution < -0.4 is 5.73 Å². The molecule has 4 nitrogen and oxygen atoms in total. The second kappa shape index (κ2) is 4.33. The first kappa shape index (κ1) is 10.6. The number of hydrogen-bond donors (Lipinski definition) is 1. The van der Waals surface area contributed by atoms with Crippen LogP contribution in [0.4, 0.5) is 0 Å². The average molecular weight is 208 g/mol. The quantitative estimate of drug-likeness (QED) is 0.779. The van der Waals surface area contributed by atoms with Gasteiger partial charge in [0.2, 0.25) is 0 Å². The van der Waals surface area contributed by atoms with E-state index in [2.05, 4.69) is 21.4 Å². The second-order valence-electron chi connectivity index (χ2n) is 4.60. The van der Waals surface area contributed by atoms with Gasteiger partial charge in [-0.05, 0) is 19.8 Å². The van der Waals surface area contributed by atoms with Crippen molar-refractivity contribution in [3.05, 3.63) is 18.2 Å². The van der Waals surface area contributed by atoms with Gasteiger partial charge in [-0.1, -0.05) is 0 Å².